The molecule has 0 radical (unpaired) electrons. The predicted octanol–water partition coefficient (Wildman–Crippen LogP) is 5.20. The van der Waals surface area contributed by atoms with Crippen LogP contribution < -0.4 is 26.0 Å². The van der Waals surface area contributed by atoms with Crippen LogP contribution in [0.1, 0.15) is 23.5 Å². The molecule has 3 aliphatic heterocycles. The summed E-state index contributed by atoms with van der Waals surface area (Å²) in [5, 5.41) is 13.9. The van der Waals surface area contributed by atoms with Crippen molar-refractivity contribution in [2.24, 2.45) is 0 Å². The Morgan fingerprint density at radius 2 is 1.59 bits per heavy atom. The predicted molar refractivity (Wildman–Crippen MR) is 111 cm³/mol. The van der Waals surface area contributed by atoms with Crippen molar-refractivity contribution in [1.29, 1.82) is 0 Å². The van der Waals surface area contributed by atoms with E-state index in [0.29, 0.717) is 0 Å². The SMILES string of the molecule is c1ccc2c(c1)NC(c1ccc3c(c1)OC(c1ccc4c(c1)NCS4)N3)N2. The van der Waals surface area contributed by atoms with Crippen LogP contribution in [0.4, 0.5) is 22.7 Å². The number of rotatable bonds is 2. The second kappa shape index (κ2) is 5.76. The van der Waals surface area contributed by atoms with Crippen molar-refractivity contribution in [1.82, 2.24) is 0 Å². The molecule has 134 valence electrons. The maximum atomic E-state index is 6.23. The first-order chi connectivity index (χ1) is 13.3. The minimum atomic E-state index is -0.158. The molecule has 3 aromatic rings. The summed E-state index contributed by atoms with van der Waals surface area (Å²) >= 11 is 1.83. The highest BCUT2D eigenvalue weighted by atomic mass is 32.2. The Hall–Kier alpha value is -2.99. The molecule has 3 aromatic carbocycles. The van der Waals surface area contributed by atoms with Gasteiger partial charge in [0.25, 0.3) is 0 Å². The zero-order valence-electron chi connectivity index (χ0n) is 14.5. The number of hydrogen-bond donors (Lipinski definition) is 4. The molecule has 0 fully saturated rings. The Labute approximate surface area is 161 Å². The highest BCUT2D eigenvalue weighted by Crippen LogP contribution is 2.43. The standard InChI is InChI=1S/C21H18N4OS/c1-2-4-15-14(3-1)23-20(24-15)12-5-7-16-18(10-12)26-21(25-16)13-6-8-19-17(9-13)22-11-27-19/h1-10,20-25H,11H2. The number of para-hydroxylation sites is 2. The van der Waals surface area contributed by atoms with Crippen molar-refractivity contribution >= 4 is 34.5 Å². The molecule has 6 rings (SSSR count). The molecule has 3 aliphatic rings. The molecule has 0 amide bonds. The van der Waals surface area contributed by atoms with E-state index in [1.165, 1.54) is 10.6 Å². The number of thioether (sulfide) groups is 1. The smallest absolute Gasteiger partial charge is 0.196 e. The molecule has 0 aromatic heterocycles. The van der Waals surface area contributed by atoms with Gasteiger partial charge >= 0.3 is 0 Å². The molecule has 4 N–H and O–H groups in total. The van der Waals surface area contributed by atoms with Crippen LogP contribution in [0.25, 0.3) is 0 Å². The molecule has 0 aliphatic carbocycles. The van der Waals surface area contributed by atoms with Gasteiger partial charge in [0.2, 0.25) is 0 Å². The van der Waals surface area contributed by atoms with Crippen LogP contribution >= 0.6 is 11.8 Å². The molecule has 0 saturated heterocycles. The van der Waals surface area contributed by atoms with Crippen LogP contribution in [-0.4, -0.2) is 5.88 Å². The average Bonchev–Trinajstić information content (AvgIpc) is 3.42. The average molecular weight is 374 g/mol. The molecule has 1 atom stereocenters. The van der Waals surface area contributed by atoms with Gasteiger partial charge in [-0.3, -0.25) is 0 Å². The Kier molecular flexibility index (Phi) is 3.22. The number of anilines is 4. The summed E-state index contributed by atoms with van der Waals surface area (Å²) in [6.07, 6.45) is -0.105. The van der Waals surface area contributed by atoms with E-state index in [1.807, 2.05) is 23.9 Å². The Bertz CT molecular complexity index is 1030. The molecular weight excluding hydrogens is 356 g/mol. The van der Waals surface area contributed by atoms with Gasteiger partial charge in [-0.25, -0.2) is 0 Å². The fourth-order valence-electron chi connectivity index (χ4n) is 3.80. The second-order valence-corrected chi connectivity index (χ2v) is 7.90. The topological polar surface area (TPSA) is 57.4 Å². The fraction of sp³-hybridized carbons (Fsp3) is 0.143. The van der Waals surface area contributed by atoms with Crippen molar-refractivity contribution in [3.05, 3.63) is 71.8 Å². The Morgan fingerprint density at radius 1 is 0.778 bits per heavy atom. The highest BCUT2D eigenvalue weighted by molar-refractivity contribution is 7.99. The monoisotopic (exact) mass is 374 g/mol. The molecule has 0 saturated carbocycles. The van der Waals surface area contributed by atoms with Crippen molar-refractivity contribution in [2.75, 3.05) is 27.1 Å². The second-order valence-electron chi connectivity index (χ2n) is 6.89. The molecular formula is C21H18N4OS. The number of nitrogens with one attached hydrogen (secondary N) is 4. The number of hydrogen-bond acceptors (Lipinski definition) is 6. The van der Waals surface area contributed by atoms with Crippen LogP contribution in [0, 0.1) is 0 Å². The van der Waals surface area contributed by atoms with Crippen LogP contribution in [0.2, 0.25) is 0 Å². The minimum Gasteiger partial charge on any atom is -0.464 e. The van der Waals surface area contributed by atoms with Crippen LogP contribution in [0.15, 0.2) is 65.6 Å². The fourth-order valence-corrected chi connectivity index (χ4v) is 4.63. The summed E-state index contributed by atoms with van der Waals surface area (Å²) in [7, 11) is 0. The third kappa shape index (κ3) is 2.48. The number of benzene rings is 3. The van der Waals surface area contributed by atoms with E-state index in [0.717, 1.165) is 39.8 Å². The lowest BCUT2D eigenvalue weighted by atomic mass is 10.1. The number of fused-ring (bicyclic) bond motifs is 3. The third-order valence-electron chi connectivity index (χ3n) is 5.19. The molecule has 6 heteroatoms. The van der Waals surface area contributed by atoms with E-state index < -0.39 is 0 Å². The van der Waals surface area contributed by atoms with Crippen molar-refractivity contribution in [2.45, 2.75) is 17.3 Å². The van der Waals surface area contributed by atoms with Gasteiger partial charge < -0.3 is 26.0 Å². The summed E-state index contributed by atoms with van der Waals surface area (Å²) in [5.74, 6) is 1.82. The lowest BCUT2D eigenvalue weighted by Gasteiger charge is -2.14. The molecule has 1 unspecified atom stereocenters. The van der Waals surface area contributed by atoms with E-state index in [1.54, 1.807) is 0 Å². The summed E-state index contributed by atoms with van der Waals surface area (Å²) in [4.78, 5) is 1.30. The quantitative estimate of drug-likeness (QED) is 0.495. The van der Waals surface area contributed by atoms with Gasteiger partial charge in [0, 0.05) is 16.1 Å². The van der Waals surface area contributed by atoms with Crippen LogP contribution in [0.5, 0.6) is 5.75 Å². The van der Waals surface area contributed by atoms with Crippen LogP contribution in [0.3, 0.4) is 0 Å². The van der Waals surface area contributed by atoms with Crippen LogP contribution in [-0.2, 0) is 0 Å². The number of ether oxygens (including phenoxy) is 1. The van der Waals surface area contributed by atoms with Crippen molar-refractivity contribution in [3.63, 3.8) is 0 Å². The van der Waals surface area contributed by atoms with E-state index in [2.05, 4.69) is 69.8 Å². The first-order valence-electron chi connectivity index (χ1n) is 9.03. The summed E-state index contributed by atoms with van der Waals surface area (Å²) < 4.78 is 6.23. The first kappa shape index (κ1) is 15.1. The summed E-state index contributed by atoms with van der Waals surface area (Å²) in [5.41, 5.74) is 6.76. The third-order valence-corrected chi connectivity index (χ3v) is 6.15. The van der Waals surface area contributed by atoms with Gasteiger partial charge in [0.1, 0.15) is 11.9 Å². The lowest BCUT2D eigenvalue weighted by Crippen LogP contribution is -2.11. The van der Waals surface area contributed by atoms with Gasteiger partial charge in [-0.15, -0.1) is 11.8 Å². The zero-order chi connectivity index (χ0) is 17.8. The van der Waals surface area contributed by atoms with Gasteiger partial charge in [-0.1, -0.05) is 24.3 Å². The molecule has 27 heavy (non-hydrogen) atoms. The van der Waals surface area contributed by atoms with E-state index >= 15 is 0 Å². The van der Waals surface area contributed by atoms with E-state index in [9.17, 15) is 0 Å². The van der Waals surface area contributed by atoms with Crippen molar-refractivity contribution < 1.29 is 4.74 Å². The zero-order valence-corrected chi connectivity index (χ0v) is 15.3. The lowest BCUT2D eigenvalue weighted by molar-refractivity contribution is 0.259. The molecule has 5 nitrogen and oxygen atoms in total. The Balaban J connectivity index is 1.25. The van der Waals surface area contributed by atoms with E-state index in [4.69, 9.17) is 4.74 Å². The van der Waals surface area contributed by atoms with Gasteiger partial charge in [-0.05, 0) is 42.0 Å². The minimum absolute atomic E-state index is 0.0524. The Morgan fingerprint density at radius 3 is 2.44 bits per heavy atom. The largest absolute Gasteiger partial charge is 0.464 e. The molecule has 0 spiro atoms. The van der Waals surface area contributed by atoms with Gasteiger partial charge in [0.15, 0.2) is 6.23 Å². The normalized spacial score (nSPS) is 19.0. The van der Waals surface area contributed by atoms with E-state index in [-0.39, 0.29) is 12.4 Å². The van der Waals surface area contributed by atoms with Gasteiger partial charge in [0.05, 0.1) is 22.9 Å². The highest BCUT2D eigenvalue weighted by Gasteiger charge is 2.27. The molecule has 3 heterocycles. The summed E-state index contributed by atoms with van der Waals surface area (Å²) in [6.45, 7) is 0. The van der Waals surface area contributed by atoms with Gasteiger partial charge in [-0.2, -0.15) is 0 Å². The molecule has 0 bridgehead atoms. The maximum absolute atomic E-state index is 6.23. The maximum Gasteiger partial charge on any atom is 0.196 e. The summed E-state index contributed by atoms with van der Waals surface area (Å²) in [6, 6.07) is 21.1. The van der Waals surface area contributed by atoms with Crippen molar-refractivity contribution in [3.8, 4) is 5.75 Å². The first-order valence-corrected chi connectivity index (χ1v) is 10.0.